The molecule has 1 aliphatic heterocycles. The van der Waals surface area contributed by atoms with Crippen LogP contribution in [-0.2, 0) is 20.7 Å². The number of esters is 1. The summed E-state index contributed by atoms with van der Waals surface area (Å²) in [5.74, 6) is 0.302. The van der Waals surface area contributed by atoms with Crippen LogP contribution in [0.5, 0.6) is 11.5 Å². The first-order valence-electron chi connectivity index (χ1n) is 10.0. The summed E-state index contributed by atoms with van der Waals surface area (Å²) in [5, 5.41) is 6.23. The Morgan fingerprint density at radius 1 is 1.16 bits per heavy atom. The largest absolute Gasteiger partial charge is 0.493 e. The van der Waals surface area contributed by atoms with E-state index in [9.17, 15) is 9.59 Å². The Labute approximate surface area is 186 Å². The number of aryl methyl sites for hydroxylation is 1. The molecule has 1 saturated heterocycles. The molecule has 0 bridgehead atoms. The van der Waals surface area contributed by atoms with E-state index in [1.807, 2.05) is 12.1 Å². The zero-order chi connectivity index (χ0) is 22.2. The average molecular weight is 443 g/mol. The van der Waals surface area contributed by atoms with Gasteiger partial charge in [0.1, 0.15) is 0 Å². The van der Waals surface area contributed by atoms with Crippen molar-refractivity contribution >= 4 is 35.4 Å². The van der Waals surface area contributed by atoms with Gasteiger partial charge in [-0.1, -0.05) is 36.9 Å². The van der Waals surface area contributed by atoms with E-state index in [0.717, 1.165) is 17.7 Å². The van der Waals surface area contributed by atoms with E-state index in [2.05, 4.69) is 29.7 Å². The second-order valence-corrected chi connectivity index (χ2v) is 7.83. The third-order valence-electron chi connectivity index (χ3n) is 4.53. The van der Waals surface area contributed by atoms with Crippen LogP contribution >= 0.6 is 11.8 Å². The van der Waals surface area contributed by atoms with Crippen LogP contribution in [0.2, 0.25) is 0 Å². The molecule has 164 valence electrons. The number of benzene rings is 2. The number of carbonyl (C=O) groups is 2. The van der Waals surface area contributed by atoms with Crippen molar-refractivity contribution in [3.63, 3.8) is 0 Å². The lowest BCUT2D eigenvalue weighted by atomic mass is 10.1. The van der Waals surface area contributed by atoms with Gasteiger partial charge in [-0.05, 0) is 54.8 Å². The van der Waals surface area contributed by atoms with Crippen molar-refractivity contribution in [3.05, 3.63) is 58.5 Å². The Balaban J connectivity index is 1.66. The molecule has 0 saturated carbocycles. The smallest absolute Gasteiger partial charge is 0.344 e. The molecule has 7 nitrogen and oxygen atoms in total. The highest BCUT2D eigenvalue weighted by Gasteiger charge is 2.27. The van der Waals surface area contributed by atoms with Crippen LogP contribution in [0.4, 0.5) is 5.69 Å². The third-order valence-corrected chi connectivity index (χ3v) is 5.56. The number of hydrogen-bond acceptors (Lipinski definition) is 7. The maximum Gasteiger partial charge on any atom is 0.344 e. The fraction of sp³-hybridized carbons (Fsp3) is 0.304. The Morgan fingerprint density at radius 2 is 1.94 bits per heavy atom. The Hall–Kier alpha value is -3.13. The minimum atomic E-state index is -0.447. The van der Waals surface area contributed by atoms with Crippen molar-refractivity contribution in [2.45, 2.75) is 25.8 Å². The lowest BCUT2D eigenvalue weighted by Gasteiger charge is -2.13. The highest BCUT2D eigenvalue weighted by Crippen LogP contribution is 2.33. The molecule has 0 aromatic heterocycles. The van der Waals surface area contributed by atoms with Crippen LogP contribution in [0.25, 0.3) is 6.08 Å². The first-order valence-corrected chi connectivity index (χ1v) is 10.9. The van der Waals surface area contributed by atoms with Gasteiger partial charge in [-0.3, -0.25) is 4.79 Å². The van der Waals surface area contributed by atoms with Gasteiger partial charge in [-0.15, -0.1) is 0 Å². The van der Waals surface area contributed by atoms with Gasteiger partial charge in [0.25, 0.3) is 5.91 Å². The lowest BCUT2D eigenvalue weighted by Crippen LogP contribution is -2.30. The van der Waals surface area contributed by atoms with Crippen LogP contribution in [0, 0.1) is 0 Å². The van der Waals surface area contributed by atoms with Gasteiger partial charge in [0, 0.05) is 5.69 Å². The first kappa shape index (κ1) is 22.6. The molecule has 0 aliphatic carbocycles. The molecule has 0 spiro atoms. The molecule has 1 amide bonds. The molecule has 2 aromatic rings. The molecule has 1 fully saturated rings. The fourth-order valence-corrected chi connectivity index (χ4v) is 3.92. The maximum atomic E-state index is 12.4. The molecule has 8 heteroatoms. The zero-order valence-corrected chi connectivity index (χ0v) is 18.6. The second kappa shape index (κ2) is 10.8. The topological polar surface area (TPSA) is 85.9 Å². The Bertz CT molecular complexity index is 959. The van der Waals surface area contributed by atoms with Crippen molar-refractivity contribution in [3.8, 4) is 11.5 Å². The van der Waals surface area contributed by atoms with Crippen LogP contribution in [0.1, 0.15) is 25.0 Å². The molecule has 31 heavy (non-hydrogen) atoms. The number of hydrogen-bond donors (Lipinski definition) is 2. The van der Waals surface area contributed by atoms with E-state index in [1.165, 1.54) is 24.4 Å². The van der Waals surface area contributed by atoms with E-state index in [0.29, 0.717) is 23.0 Å². The number of thioether (sulfide) groups is 1. The number of anilines is 1. The quantitative estimate of drug-likeness (QED) is 0.451. The summed E-state index contributed by atoms with van der Waals surface area (Å²) in [6.07, 6.45) is 2.78. The molecular weight excluding hydrogens is 416 g/mol. The van der Waals surface area contributed by atoms with Crippen molar-refractivity contribution in [2.75, 3.05) is 25.6 Å². The molecule has 1 heterocycles. The second-order valence-electron chi connectivity index (χ2n) is 6.68. The summed E-state index contributed by atoms with van der Waals surface area (Å²) in [6.45, 7) is 3.95. The Morgan fingerprint density at radius 3 is 2.61 bits per heavy atom. The molecule has 3 rings (SSSR count). The summed E-state index contributed by atoms with van der Waals surface area (Å²) in [5.41, 5.74) is 2.74. The van der Waals surface area contributed by atoms with Crippen molar-refractivity contribution in [2.24, 2.45) is 0 Å². The van der Waals surface area contributed by atoms with Crippen LogP contribution in [0.15, 0.2) is 47.4 Å². The molecule has 2 N–H and O–H groups in total. The van der Waals surface area contributed by atoms with Gasteiger partial charge in [0.2, 0.25) is 0 Å². The maximum absolute atomic E-state index is 12.4. The van der Waals surface area contributed by atoms with Gasteiger partial charge in [0.15, 0.2) is 23.6 Å². The van der Waals surface area contributed by atoms with Gasteiger partial charge in [-0.2, -0.15) is 0 Å². The fourth-order valence-electron chi connectivity index (χ4n) is 2.94. The van der Waals surface area contributed by atoms with Crippen molar-refractivity contribution in [1.82, 2.24) is 5.32 Å². The van der Waals surface area contributed by atoms with Crippen molar-refractivity contribution < 1.29 is 23.8 Å². The summed E-state index contributed by atoms with van der Waals surface area (Å²) < 4.78 is 15.7. The predicted molar refractivity (Wildman–Crippen MR) is 122 cm³/mol. The molecule has 1 aliphatic rings. The molecule has 0 radical (unpaired) electrons. The standard InChI is InChI=1S/C23H26N2O5S/c1-4-15-6-9-17(10-7-15)24-23-25-22(27)20(31-23)13-16-8-11-18(19(12-16)28-3)30-14-21(26)29-5-2/h6-13,23-24H,4-5,14H2,1-3H3,(H,25,27)/b20-13-/t23-/m1/s1. The summed E-state index contributed by atoms with van der Waals surface area (Å²) >= 11 is 1.41. The highest BCUT2D eigenvalue weighted by molar-refractivity contribution is 8.05. The van der Waals surface area contributed by atoms with Gasteiger partial charge in [0.05, 0.1) is 18.6 Å². The third kappa shape index (κ3) is 6.18. The number of ether oxygens (including phenoxy) is 3. The van der Waals surface area contributed by atoms with Gasteiger partial charge < -0.3 is 24.8 Å². The van der Waals surface area contributed by atoms with Gasteiger partial charge >= 0.3 is 5.97 Å². The Kier molecular flexibility index (Phi) is 7.83. The lowest BCUT2D eigenvalue weighted by molar-refractivity contribution is -0.145. The summed E-state index contributed by atoms with van der Waals surface area (Å²) in [6, 6.07) is 13.4. The van der Waals surface area contributed by atoms with Crippen LogP contribution in [-0.4, -0.2) is 37.7 Å². The summed E-state index contributed by atoms with van der Waals surface area (Å²) in [4.78, 5) is 24.5. The molecular formula is C23H26N2O5S. The number of amides is 1. The first-order chi connectivity index (χ1) is 15.0. The van der Waals surface area contributed by atoms with Crippen molar-refractivity contribution in [1.29, 1.82) is 0 Å². The molecule has 1 atom stereocenters. The van der Waals surface area contributed by atoms with E-state index in [1.54, 1.807) is 31.2 Å². The summed E-state index contributed by atoms with van der Waals surface area (Å²) in [7, 11) is 1.52. The van der Waals surface area contributed by atoms with E-state index in [-0.39, 0.29) is 18.0 Å². The van der Waals surface area contributed by atoms with E-state index < -0.39 is 5.97 Å². The molecule has 2 aromatic carbocycles. The predicted octanol–water partition coefficient (Wildman–Crippen LogP) is 3.80. The van der Waals surface area contributed by atoms with Crippen LogP contribution in [0.3, 0.4) is 0 Å². The SMILES string of the molecule is CCOC(=O)COc1ccc(/C=C2\S[C@H](Nc3ccc(CC)cc3)NC2=O)cc1OC. The molecule has 0 unspecified atom stereocenters. The minimum Gasteiger partial charge on any atom is -0.493 e. The highest BCUT2D eigenvalue weighted by atomic mass is 32.2. The zero-order valence-electron chi connectivity index (χ0n) is 17.8. The minimum absolute atomic E-state index is 0.144. The average Bonchev–Trinajstić information content (AvgIpc) is 3.11. The van der Waals surface area contributed by atoms with E-state index in [4.69, 9.17) is 14.2 Å². The van der Waals surface area contributed by atoms with E-state index >= 15 is 0 Å². The number of nitrogens with one attached hydrogen (secondary N) is 2. The number of carbonyl (C=O) groups excluding carboxylic acids is 2. The normalized spacial score (nSPS) is 16.7. The monoisotopic (exact) mass is 442 g/mol. The van der Waals surface area contributed by atoms with Gasteiger partial charge in [-0.25, -0.2) is 4.79 Å². The van der Waals surface area contributed by atoms with Crippen LogP contribution < -0.4 is 20.1 Å². The number of methoxy groups -OCH3 is 1. The number of rotatable bonds is 9.